The van der Waals surface area contributed by atoms with Crippen LogP contribution >= 0.6 is 11.6 Å². The molecule has 0 fully saturated rings. The Morgan fingerprint density at radius 2 is 1.88 bits per heavy atom. The fourth-order valence-corrected chi connectivity index (χ4v) is 1.32. The highest BCUT2D eigenvalue weighted by Crippen LogP contribution is 2.37. The molecule has 0 N–H and O–H groups in total. The Labute approximate surface area is 100 Å². The van der Waals surface area contributed by atoms with Crippen LogP contribution in [0.15, 0.2) is 6.07 Å². The number of hydrogen-bond acceptors (Lipinski definition) is 1. The SMILES string of the molecule is C#CCOc1[c]c(Cl)c(C(F)F)cc1C(F)F. The minimum Gasteiger partial charge on any atom is -0.480 e. The van der Waals surface area contributed by atoms with E-state index in [0.29, 0.717) is 6.07 Å². The van der Waals surface area contributed by atoms with E-state index in [-0.39, 0.29) is 6.61 Å². The van der Waals surface area contributed by atoms with Crippen LogP contribution in [-0.2, 0) is 0 Å². The fraction of sp³-hybridized carbons (Fsp3) is 0.273. The van der Waals surface area contributed by atoms with Crippen LogP contribution < -0.4 is 4.74 Å². The molecular weight excluding hydrogens is 260 g/mol. The van der Waals surface area contributed by atoms with E-state index in [1.165, 1.54) is 0 Å². The number of terminal acetylenes is 1. The number of rotatable bonds is 4. The molecule has 0 atom stereocenters. The number of halogens is 5. The van der Waals surface area contributed by atoms with E-state index >= 15 is 0 Å². The van der Waals surface area contributed by atoms with E-state index in [2.05, 4.69) is 12.0 Å². The van der Waals surface area contributed by atoms with Crippen molar-refractivity contribution < 1.29 is 22.3 Å². The second-order valence-electron chi connectivity index (χ2n) is 2.92. The van der Waals surface area contributed by atoms with E-state index in [1.807, 2.05) is 0 Å². The molecule has 1 rings (SSSR count). The van der Waals surface area contributed by atoms with Gasteiger partial charge < -0.3 is 4.74 Å². The summed E-state index contributed by atoms with van der Waals surface area (Å²) in [5.74, 6) is 1.65. The van der Waals surface area contributed by atoms with Gasteiger partial charge in [-0.25, -0.2) is 17.6 Å². The predicted molar refractivity (Wildman–Crippen MR) is 54.5 cm³/mol. The zero-order valence-electron chi connectivity index (χ0n) is 8.31. The first kappa shape index (κ1) is 13.7. The Hall–Kier alpha value is -1.41. The van der Waals surface area contributed by atoms with Crippen LogP contribution in [0.2, 0.25) is 5.02 Å². The summed E-state index contributed by atoms with van der Waals surface area (Å²) in [6.45, 7) is -0.277. The largest absolute Gasteiger partial charge is 0.480 e. The molecule has 17 heavy (non-hydrogen) atoms. The summed E-state index contributed by atoms with van der Waals surface area (Å²) in [5, 5.41) is -0.462. The molecule has 0 saturated heterocycles. The Bertz CT molecular complexity index is 440. The van der Waals surface area contributed by atoms with Crippen LogP contribution in [-0.4, -0.2) is 6.61 Å². The van der Waals surface area contributed by atoms with E-state index in [0.717, 1.165) is 0 Å². The van der Waals surface area contributed by atoms with Crippen molar-refractivity contribution in [3.05, 3.63) is 28.3 Å². The van der Waals surface area contributed by atoms with Gasteiger partial charge in [-0.05, 0) is 6.07 Å². The highest BCUT2D eigenvalue weighted by molar-refractivity contribution is 6.31. The third kappa shape index (κ3) is 3.27. The maximum atomic E-state index is 12.6. The van der Waals surface area contributed by atoms with Gasteiger partial charge in [-0.15, -0.1) is 6.42 Å². The lowest BCUT2D eigenvalue weighted by atomic mass is 10.1. The predicted octanol–water partition coefficient (Wildman–Crippen LogP) is 4.03. The maximum absolute atomic E-state index is 12.6. The standard InChI is InChI=1S/C11H6ClF4O/c1-2-3-17-9-5-8(12)6(10(13)14)4-7(9)11(15)16/h1,4,10-11H,3H2. The molecule has 6 heteroatoms. The first-order valence-corrected chi connectivity index (χ1v) is 4.73. The fourth-order valence-electron chi connectivity index (χ4n) is 1.09. The van der Waals surface area contributed by atoms with Gasteiger partial charge in [0.25, 0.3) is 12.9 Å². The van der Waals surface area contributed by atoms with Crippen LogP contribution in [0.1, 0.15) is 24.0 Å². The lowest BCUT2D eigenvalue weighted by molar-refractivity contribution is 0.140. The van der Waals surface area contributed by atoms with E-state index in [4.69, 9.17) is 22.8 Å². The van der Waals surface area contributed by atoms with Crippen LogP contribution in [0.25, 0.3) is 0 Å². The average molecular weight is 266 g/mol. The van der Waals surface area contributed by atoms with Gasteiger partial charge in [-0.1, -0.05) is 17.5 Å². The van der Waals surface area contributed by atoms with Crippen molar-refractivity contribution in [3.63, 3.8) is 0 Å². The molecular formula is C11H6ClF4O. The Morgan fingerprint density at radius 1 is 1.29 bits per heavy atom. The van der Waals surface area contributed by atoms with Gasteiger partial charge in [0.1, 0.15) is 12.4 Å². The van der Waals surface area contributed by atoms with Crippen molar-refractivity contribution in [2.45, 2.75) is 12.9 Å². The summed E-state index contributed by atoms with van der Waals surface area (Å²) < 4.78 is 54.8. The number of ether oxygens (including phenoxy) is 1. The molecule has 1 aromatic rings. The van der Waals surface area contributed by atoms with Gasteiger partial charge >= 0.3 is 0 Å². The first-order valence-electron chi connectivity index (χ1n) is 4.35. The zero-order chi connectivity index (χ0) is 13.0. The van der Waals surface area contributed by atoms with Crippen LogP contribution in [0, 0.1) is 18.4 Å². The van der Waals surface area contributed by atoms with Crippen LogP contribution in [0.5, 0.6) is 5.75 Å². The molecule has 0 heterocycles. The van der Waals surface area contributed by atoms with Crippen molar-refractivity contribution in [1.29, 1.82) is 0 Å². The van der Waals surface area contributed by atoms with Crippen molar-refractivity contribution in [3.8, 4) is 18.1 Å². The van der Waals surface area contributed by atoms with Gasteiger partial charge in [0, 0.05) is 11.6 Å². The van der Waals surface area contributed by atoms with Gasteiger partial charge in [0.05, 0.1) is 10.6 Å². The quantitative estimate of drug-likeness (QED) is 0.590. The third-order valence-corrected chi connectivity index (χ3v) is 2.13. The molecule has 0 bridgehead atoms. The third-order valence-electron chi connectivity index (χ3n) is 1.82. The number of hydrogen-bond donors (Lipinski definition) is 0. The van der Waals surface area contributed by atoms with Gasteiger partial charge in [-0.2, -0.15) is 0 Å². The smallest absolute Gasteiger partial charge is 0.267 e. The molecule has 1 nitrogen and oxygen atoms in total. The summed E-state index contributed by atoms with van der Waals surface area (Å²) in [7, 11) is 0. The molecule has 0 spiro atoms. The minimum atomic E-state index is -2.98. The highest BCUT2D eigenvalue weighted by Gasteiger charge is 2.21. The summed E-state index contributed by atoms with van der Waals surface area (Å²) >= 11 is 5.47. The summed E-state index contributed by atoms with van der Waals surface area (Å²) in [4.78, 5) is 0. The molecule has 0 amide bonds. The second kappa shape index (κ2) is 5.78. The molecule has 0 saturated carbocycles. The van der Waals surface area contributed by atoms with Crippen molar-refractivity contribution >= 4 is 11.6 Å². The van der Waals surface area contributed by atoms with Crippen LogP contribution in [0.3, 0.4) is 0 Å². The molecule has 0 aliphatic carbocycles. The Morgan fingerprint density at radius 3 is 2.35 bits per heavy atom. The monoisotopic (exact) mass is 265 g/mol. The molecule has 0 aliphatic heterocycles. The van der Waals surface area contributed by atoms with Crippen molar-refractivity contribution in [2.24, 2.45) is 0 Å². The van der Waals surface area contributed by atoms with Crippen LogP contribution in [0.4, 0.5) is 17.6 Å². The average Bonchev–Trinajstić information content (AvgIpc) is 2.25. The lowest BCUT2D eigenvalue weighted by Crippen LogP contribution is -2.01. The molecule has 0 unspecified atom stereocenters. The summed E-state index contributed by atoms with van der Waals surface area (Å²) in [6.07, 6.45) is -1.05. The Balaban J connectivity index is 3.21. The van der Waals surface area contributed by atoms with Crippen molar-refractivity contribution in [1.82, 2.24) is 0 Å². The van der Waals surface area contributed by atoms with E-state index < -0.39 is 34.7 Å². The maximum Gasteiger partial charge on any atom is 0.267 e. The summed E-state index contributed by atoms with van der Waals surface area (Å²) in [6, 6.07) is 2.73. The van der Waals surface area contributed by atoms with E-state index in [9.17, 15) is 17.6 Å². The van der Waals surface area contributed by atoms with Gasteiger partial charge in [-0.3, -0.25) is 0 Å². The van der Waals surface area contributed by atoms with Gasteiger partial charge in [0.15, 0.2) is 0 Å². The normalized spacial score (nSPS) is 10.7. The molecule has 91 valence electrons. The molecule has 0 aromatic heterocycles. The minimum absolute atomic E-state index is 0.277. The Kier molecular flexibility index (Phi) is 4.64. The zero-order valence-corrected chi connectivity index (χ0v) is 9.07. The van der Waals surface area contributed by atoms with Crippen molar-refractivity contribution in [2.75, 3.05) is 6.61 Å². The lowest BCUT2D eigenvalue weighted by Gasteiger charge is -2.12. The first-order chi connectivity index (χ1) is 7.97. The molecule has 0 aliphatic rings. The number of benzene rings is 1. The second-order valence-corrected chi connectivity index (χ2v) is 3.30. The number of alkyl halides is 4. The van der Waals surface area contributed by atoms with E-state index in [1.54, 1.807) is 0 Å². The molecule has 1 radical (unpaired) electrons. The topological polar surface area (TPSA) is 9.23 Å². The van der Waals surface area contributed by atoms with Gasteiger partial charge in [0.2, 0.25) is 0 Å². The molecule has 1 aromatic carbocycles. The summed E-state index contributed by atoms with van der Waals surface area (Å²) in [5.41, 5.74) is -1.42. The highest BCUT2D eigenvalue weighted by atomic mass is 35.5.